The Bertz CT molecular complexity index is 1000. The number of benzene rings is 3. The Balaban J connectivity index is 1.54. The maximum absolute atomic E-state index is 12.5. The van der Waals surface area contributed by atoms with Gasteiger partial charge < -0.3 is 4.98 Å². The van der Waals surface area contributed by atoms with E-state index in [2.05, 4.69) is 35.3 Å². The summed E-state index contributed by atoms with van der Waals surface area (Å²) in [6.45, 7) is 0. The van der Waals surface area contributed by atoms with Gasteiger partial charge in [0, 0.05) is 27.6 Å². The quantitative estimate of drug-likeness (QED) is 0.409. The van der Waals surface area contributed by atoms with E-state index >= 15 is 0 Å². The molecule has 0 aliphatic rings. The molecule has 0 fully saturated rings. The molecule has 2 nitrogen and oxygen atoms in total. The highest BCUT2D eigenvalue weighted by Gasteiger charge is 2.12. The van der Waals surface area contributed by atoms with E-state index in [9.17, 15) is 4.79 Å². The number of thioether (sulfide) groups is 1. The number of carbonyl (C=O) groups is 1. The van der Waals surface area contributed by atoms with Crippen LogP contribution in [0.5, 0.6) is 0 Å². The monoisotopic (exact) mass is 317 g/mol. The van der Waals surface area contributed by atoms with Gasteiger partial charge in [0.2, 0.25) is 0 Å². The zero-order chi connectivity index (χ0) is 15.6. The van der Waals surface area contributed by atoms with E-state index in [4.69, 9.17) is 0 Å². The fourth-order valence-corrected chi connectivity index (χ4v) is 3.61. The number of hydrogen-bond donors (Lipinski definition) is 1. The molecule has 0 atom stereocenters. The number of aromatic nitrogens is 1. The van der Waals surface area contributed by atoms with Gasteiger partial charge in [0.1, 0.15) is 0 Å². The summed E-state index contributed by atoms with van der Waals surface area (Å²) in [6.07, 6.45) is 1.81. The maximum Gasteiger partial charge on any atom is 0.175 e. The number of nitrogens with one attached hydrogen (secondary N) is 1. The van der Waals surface area contributed by atoms with Gasteiger partial charge in [-0.2, -0.15) is 0 Å². The Kier molecular flexibility index (Phi) is 3.64. The average Bonchev–Trinajstić information content (AvgIpc) is 3.03. The second kappa shape index (κ2) is 5.94. The predicted molar refractivity (Wildman–Crippen MR) is 97.3 cm³/mol. The number of hydrogen-bond acceptors (Lipinski definition) is 2. The van der Waals surface area contributed by atoms with Crippen LogP contribution in [0.25, 0.3) is 21.7 Å². The summed E-state index contributed by atoms with van der Waals surface area (Å²) < 4.78 is 0. The van der Waals surface area contributed by atoms with E-state index < -0.39 is 0 Å². The van der Waals surface area contributed by atoms with Gasteiger partial charge >= 0.3 is 0 Å². The molecule has 1 aromatic heterocycles. The SMILES string of the molecule is O=C(CSc1ccc2ccccc2c1)c1c[nH]c2ccccc12. The fraction of sp³-hybridized carbons (Fsp3) is 0.0500. The topological polar surface area (TPSA) is 32.9 Å². The van der Waals surface area contributed by atoms with Crippen LogP contribution in [0.4, 0.5) is 0 Å². The molecule has 1 heterocycles. The fourth-order valence-electron chi connectivity index (χ4n) is 2.79. The highest BCUT2D eigenvalue weighted by molar-refractivity contribution is 8.00. The van der Waals surface area contributed by atoms with E-state index in [1.54, 1.807) is 11.8 Å². The largest absolute Gasteiger partial charge is 0.360 e. The molecule has 0 radical (unpaired) electrons. The third kappa shape index (κ3) is 2.76. The first kappa shape index (κ1) is 14.1. The Hall–Kier alpha value is -2.52. The number of ketones is 1. The summed E-state index contributed by atoms with van der Waals surface area (Å²) in [5.41, 5.74) is 1.78. The molecule has 3 heteroatoms. The van der Waals surface area contributed by atoms with Crippen molar-refractivity contribution < 1.29 is 4.79 Å². The van der Waals surface area contributed by atoms with Gasteiger partial charge in [-0.15, -0.1) is 11.8 Å². The van der Waals surface area contributed by atoms with Crippen molar-refractivity contribution in [1.82, 2.24) is 4.98 Å². The zero-order valence-electron chi connectivity index (χ0n) is 12.5. The number of Topliss-reactive ketones (excluding diaryl/α,β-unsaturated/α-hetero) is 1. The van der Waals surface area contributed by atoms with Crippen LogP contribution in [-0.2, 0) is 0 Å². The molecule has 0 saturated heterocycles. The molecule has 0 spiro atoms. The Morgan fingerprint density at radius 1 is 0.913 bits per heavy atom. The standard InChI is InChI=1S/C20H15NOS/c22-20(18-12-21-19-8-4-3-7-17(18)19)13-23-16-10-9-14-5-1-2-6-15(14)11-16/h1-12,21H,13H2. The molecule has 0 bridgehead atoms. The molecule has 23 heavy (non-hydrogen) atoms. The van der Waals surface area contributed by atoms with Crippen molar-refractivity contribution >= 4 is 39.2 Å². The van der Waals surface area contributed by atoms with Crippen LogP contribution >= 0.6 is 11.8 Å². The lowest BCUT2D eigenvalue weighted by Gasteiger charge is -2.03. The van der Waals surface area contributed by atoms with E-state index in [-0.39, 0.29) is 5.78 Å². The van der Waals surface area contributed by atoms with Gasteiger partial charge in [0.25, 0.3) is 0 Å². The first-order valence-corrected chi connectivity index (χ1v) is 8.51. The van der Waals surface area contributed by atoms with Crippen molar-refractivity contribution in [3.8, 4) is 0 Å². The summed E-state index contributed by atoms with van der Waals surface area (Å²) in [4.78, 5) is 16.8. The van der Waals surface area contributed by atoms with Crippen LogP contribution in [0.3, 0.4) is 0 Å². The lowest BCUT2D eigenvalue weighted by atomic mass is 10.1. The summed E-state index contributed by atoms with van der Waals surface area (Å²) in [5, 5.41) is 3.42. The number of rotatable bonds is 4. The normalized spacial score (nSPS) is 11.1. The second-order valence-corrected chi connectivity index (χ2v) is 6.52. The summed E-state index contributed by atoms with van der Waals surface area (Å²) in [7, 11) is 0. The summed E-state index contributed by atoms with van der Waals surface area (Å²) in [6, 6.07) is 22.5. The van der Waals surface area contributed by atoms with Crippen LogP contribution in [-0.4, -0.2) is 16.5 Å². The Labute approximate surface area is 138 Å². The molecule has 0 saturated carbocycles. The van der Waals surface area contributed by atoms with Gasteiger partial charge in [0.15, 0.2) is 5.78 Å². The third-order valence-electron chi connectivity index (χ3n) is 3.98. The number of H-pyrrole nitrogens is 1. The van der Waals surface area contributed by atoms with Gasteiger partial charge in [-0.1, -0.05) is 48.5 Å². The predicted octanol–water partition coefficient (Wildman–Crippen LogP) is 5.30. The smallest absolute Gasteiger partial charge is 0.175 e. The van der Waals surface area contributed by atoms with E-state index in [1.165, 1.54) is 10.8 Å². The number of aromatic amines is 1. The molecule has 3 aromatic carbocycles. The number of fused-ring (bicyclic) bond motifs is 2. The Morgan fingerprint density at radius 3 is 2.61 bits per heavy atom. The van der Waals surface area contributed by atoms with Crippen LogP contribution in [0.2, 0.25) is 0 Å². The van der Waals surface area contributed by atoms with Crippen LogP contribution in [0.15, 0.2) is 77.8 Å². The van der Waals surface area contributed by atoms with Crippen LogP contribution in [0.1, 0.15) is 10.4 Å². The van der Waals surface area contributed by atoms with Gasteiger partial charge in [0.05, 0.1) is 5.75 Å². The van der Waals surface area contributed by atoms with Gasteiger partial charge in [-0.05, 0) is 29.0 Å². The van der Waals surface area contributed by atoms with Crippen molar-refractivity contribution in [2.75, 3.05) is 5.75 Å². The Morgan fingerprint density at radius 2 is 1.70 bits per heavy atom. The molecule has 112 valence electrons. The van der Waals surface area contributed by atoms with Crippen molar-refractivity contribution in [2.24, 2.45) is 0 Å². The number of para-hydroxylation sites is 1. The lowest BCUT2D eigenvalue weighted by Crippen LogP contribution is -2.01. The first-order chi connectivity index (χ1) is 11.3. The second-order valence-electron chi connectivity index (χ2n) is 5.47. The molecule has 0 aliphatic heterocycles. The van der Waals surface area contributed by atoms with E-state index in [0.29, 0.717) is 5.75 Å². The van der Waals surface area contributed by atoms with Gasteiger partial charge in [-0.25, -0.2) is 0 Å². The summed E-state index contributed by atoms with van der Waals surface area (Å²) >= 11 is 1.59. The third-order valence-corrected chi connectivity index (χ3v) is 4.97. The highest BCUT2D eigenvalue weighted by atomic mass is 32.2. The van der Waals surface area contributed by atoms with Gasteiger partial charge in [-0.3, -0.25) is 4.79 Å². The highest BCUT2D eigenvalue weighted by Crippen LogP contribution is 2.26. The molecule has 1 N–H and O–H groups in total. The first-order valence-electron chi connectivity index (χ1n) is 7.52. The minimum absolute atomic E-state index is 0.153. The molecular formula is C20H15NOS. The zero-order valence-corrected chi connectivity index (χ0v) is 13.3. The minimum atomic E-state index is 0.153. The number of carbonyl (C=O) groups excluding carboxylic acids is 1. The molecule has 0 aliphatic carbocycles. The molecule has 0 amide bonds. The van der Waals surface area contributed by atoms with Crippen molar-refractivity contribution in [1.29, 1.82) is 0 Å². The molecule has 4 rings (SSSR count). The lowest BCUT2D eigenvalue weighted by molar-refractivity contribution is 0.102. The molecular weight excluding hydrogens is 302 g/mol. The van der Waals surface area contributed by atoms with Crippen molar-refractivity contribution in [2.45, 2.75) is 4.90 Å². The van der Waals surface area contributed by atoms with Crippen molar-refractivity contribution in [3.63, 3.8) is 0 Å². The van der Waals surface area contributed by atoms with Crippen LogP contribution in [0, 0.1) is 0 Å². The van der Waals surface area contributed by atoms with Crippen LogP contribution < -0.4 is 0 Å². The minimum Gasteiger partial charge on any atom is -0.360 e. The van der Waals surface area contributed by atoms with E-state index in [1.807, 2.05) is 42.6 Å². The average molecular weight is 317 g/mol. The maximum atomic E-state index is 12.5. The van der Waals surface area contributed by atoms with Crippen molar-refractivity contribution in [3.05, 3.63) is 78.5 Å². The summed E-state index contributed by atoms with van der Waals surface area (Å²) in [5.74, 6) is 0.598. The molecule has 0 unspecified atom stereocenters. The molecule has 4 aromatic rings. The van der Waals surface area contributed by atoms with E-state index in [0.717, 1.165) is 21.4 Å².